The first-order valence-corrected chi connectivity index (χ1v) is 5.53. The highest BCUT2D eigenvalue weighted by atomic mass is 35.5. The van der Waals surface area contributed by atoms with E-state index in [4.69, 9.17) is 11.6 Å². The molecule has 0 spiro atoms. The maximum Gasteiger partial charge on any atom is 0.271 e. The highest BCUT2D eigenvalue weighted by Gasteiger charge is 2.07. The minimum atomic E-state index is -0.380. The number of aromatic nitrogens is 2. The Balaban J connectivity index is 1.98. The molecule has 0 bridgehead atoms. The molecule has 0 fully saturated rings. The predicted molar refractivity (Wildman–Crippen MR) is 64.6 cm³/mol. The van der Waals surface area contributed by atoms with Gasteiger partial charge >= 0.3 is 0 Å². The number of carbonyl (C=O) groups is 1. The predicted octanol–water partition coefficient (Wildman–Crippen LogP) is 2.20. The summed E-state index contributed by atoms with van der Waals surface area (Å²) >= 11 is 5.63. The van der Waals surface area contributed by atoms with Gasteiger partial charge in [0.1, 0.15) is 16.7 Å². The number of hydrogen-bond acceptors (Lipinski definition) is 3. The summed E-state index contributed by atoms with van der Waals surface area (Å²) < 4.78 is 12.7. The summed E-state index contributed by atoms with van der Waals surface area (Å²) in [4.78, 5) is 19.3. The van der Waals surface area contributed by atoms with Gasteiger partial charge in [-0.1, -0.05) is 23.7 Å². The monoisotopic (exact) mass is 265 g/mol. The molecule has 1 aromatic heterocycles. The standard InChI is InChI=1S/C12H9ClFN3O/c13-11-7-15-6-10(17-11)12(18)16-5-8-1-3-9(14)4-2-8/h1-4,6-7H,5H2,(H,16,18). The number of nitrogens with zero attached hydrogens (tertiary/aromatic N) is 2. The van der Waals surface area contributed by atoms with E-state index in [2.05, 4.69) is 15.3 Å². The summed E-state index contributed by atoms with van der Waals surface area (Å²) in [5.41, 5.74) is 0.935. The fourth-order valence-electron chi connectivity index (χ4n) is 1.33. The maximum atomic E-state index is 12.7. The van der Waals surface area contributed by atoms with E-state index < -0.39 is 0 Å². The molecule has 0 atom stereocenters. The van der Waals surface area contributed by atoms with Gasteiger partial charge in [0.05, 0.1) is 12.4 Å². The molecular formula is C12H9ClFN3O. The first-order valence-electron chi connectivity index (χ1n) is 5.15. The fraction of sp³-hybridized carbons (Fsp3) is 0.0833. The number of halogens is 2. The van der Waals surface area contributed by atoms with Gasteiger partial charge in [-0.15, -0.1) is 0 Å². The highest BCUT2D eigenvalue weighted by molar-refractivity contribution is 6.29. The van der Waals surface area contributed by atoms with Gasteiger partial charge in [-0.25, -0.2) is 9.37 Å². The van der Waals surface area contributed by atoms with E-state index in [1.807, 2.05) is 0 Å². The first kappa shape index (κ1) is 12.4. The third-order valence-corrected chi connectivity index (χ3v) is 2.39. The molecule has 0 aliphatic heterocycles. The van der Waals surface area contributed by atoms with Gasteiger partial charge in [-0.05, 0) is 17.7 Å². The molecule has 0 radical (unpaired) electrons. The Hall–Kier alpha value is -2.01. The van der Waals surface area contributed by atoms with Crippen LogP contribution in [0.3, 0.4) is 0 Å². The quantitative estimate of drug-likeness (QED) is 0.926. The van der Waals surface area contributed by atoms with Crippen molar-refractivity contribution in [2.75, 3.05) is 0 Å². The lowest BCUT2D eigenvalue weighted by Gasteiger charge is -2.04. The van der Waals surface area contributed by atoms with Crippen molar-refractivity contribution in [3.63, 3.8) is 0 Å². The smallest absolute Gasteiger partial charge is 0.271 e. The molecule has 0 aliphatic rings. The maximum absolute atomic E-state index is 12.7. The van der Waals surface area contributed by atoms with E-state index in [0.29, 0.717) is 0 Å². The molecule has 0 unspecified atom stereocenters. The molecule has 92 valence electrons. The fourth-order valence-corrected chi connectivity index (χ4v) is 1.47. The van der Waals surface area contributed by atoms with E-state index in [9.17, 15) is 9.18 Å². The van der Waals surface area contributed by atoms with Crippen LogP contribution in [0.15, 0.2) is 36.7 Å². The largest absolute Gasteiger partial charge is 0.347 e. The topological polar surface area (TPSA) is 54.9 Å². The van der Waals surface area contributed by atoms with Crippen LogP contribution in [0.1, 0.15) is 16.1 Å². The molecule has 4 nitrogen and oxygen atoms in total. The lowest BCUT2D eigenvalue weighted by Crippen LogP contribution is -2.24. The zero-order valence-electron chi connectivity index (χ0n) is 9.23. The minimum Gasteiger partial charge on any atom is -0.347 e. The Bertz CT molecular complexity index is 560. The third-order valence-electron chi connectivity index (χ3n) is 2.20. The second-order valence-corrected chi connectivity index (χ2v) is 3.92. The van der Waals surface area contributed by atoms with Crippen LogP contribution in [0.4, 0.5) is 4.39 Å². The molecule has 0 saturated carbocycles. The second-order valence-electron chi connectivity index (χ2n) is 3.54. The van der Waals surface area contributed by atoms with E-state index in [-0.39, 0.29) is 29.1 Å². The molecule has 2 aromatic rings. The van der Waals surface area contributed by atoms with Crippen molar-refractivity contribution < 1.29 is 9.18 Å². The first-order chi connectivity index (χ1) is 8.65. The summed E-state index contributed by atoms with van der Waals surface area (Å²) in [6.45, 7) is 0.285. The molecule has 1 aromatic carbocycles. The zero-order chi connectivity index (χ0) is 13.0. The number of rotatable bonds is 3. The summed E-state index contributed by atoms with van der Waals surface area (Å²) in [6, 6.07) is 5.86. The Morgan fingerprint density at radius 1 is 1.28 bits per heavy atom. The van der Waals surface area contributed by atoms with Gasteiger partial charge in [-0.3, -0.25) is 9.78 Å². The summed E-state index contributed by atoms with van der Waals surface area (Å²) in [5, 5.41) is 2.80. The second kappa shape index (κ2) is 5.55. The van der Waals surface area contributed by atoms with Crippen LogP contribution in [-0.2, 0) is 6.54 Å². The average molecular weight is 266 g/mol. The Kier molecular flexibility index (Phi) is 3.84. The average Bonchev–Trinajstić information content (AvgIpc) is 2.38. The summed E-state index contributed by atoms with van der Waals surface area (Å²) in [5.74, 6) is -0.694. The van der Waals surface area contributed by atoms with Crippen LogP contribution in [0, 0.1) is 5.82 Å². The van der Waals surface area contributed by atoms with Gasteiger partial charge in [0.25, 0.3) is 5.91 Å². The third kappa shape index (κ3) is 3.24. The number of amides is 1. The summed E-state index contributed by atoms with van der Waals surface area (Å²) in [6.07, 6.45) is 2.67. The van der Waals surface area contributed by atoms with E-state index in [1.165, 1.54) is 24.5 Å². The van der Waals surface area contributed by atoms with Gasteiger partial charge < -0.3 is 5.32 Å². The van der Waals surface area contributed by atoms with Crippen molar-refractivity contribution in [2.45, 2.75) is 6.54 Å². The SMILES string of the molecule is O=C(NCc1ccc(F)cc1)c1cncc(Cl)n1. The number of benzene rings is 1. The lowest BCUT2D eigenvalue weighted by atomic mass is 10.2. The Labute approximate surface area is 108 Å². The van der Waals surface area contributed by atoms with Crippen LogP contribution in [0.2, 0.25) is 5.15 Å². The lowest BCUT2D eigenvalue weighted by molar-refractivity contribution is 0.0945. The van der Waals surface area contributed by atoms with Crippen molar-refractivity contribution in [1.82, 2.24) is 15.3 Å². The zero-order valence-corrected chi connectivity index (χ0v) is 9.99. The number of nitrogens with one attached hydrogen (secondary N) is 1. The van der Waals surface area contributed by atoms with Crippen LogP contribution in [0.25, 0.3) is 0 Å². The van der Waals surface area contributed by atoms with Gasteiger partial charge in [0.15, 0.2) is 0 Å². The van der Waals surface area contributed by atoms with E-state index in [1.54, 1.807) is 12.1 Å². The molecule has 6 heteroatoms. The summed E-state index contributed by atoms with van der Waals surface area (Å²) in [7, 11) is 0. The molecule has 1 amide bonds. The van der Waals surface area contributed by atoms with Crippen molar-refractivity contribution >= 4 is 17.5 Å². The van der Waals surface area contributed by atoms with Gasteiger partial charge in [-0.2, -0.15) is 0 Å². The van der Waals surface area contributed by atoms with Crippen LogP contribution >= 0.6 is 11.6 Å². The molecule has 1 N–H and O–H groups in total. The minimum absolute atomic E-state index is 0.143. The molecule has 1 heterocycles. The van der Waals surface area contributed by atoms with E-state index in [0.717, 1.165) is 5.56 Å². The molecule has 0 aliphatic carbocycles. The number of hydrogen-bond donors (Lipinski definition) is 1. The Morgan fingerprint density at radius 3 is 2.67 bits per heavy atom. The molecule has 18 heavy (non-hydrogen) atoms. The molecular weight excluding hydrogens is 257 g/mol. The van der Waals surface area contributed by atoms with Crippen molar-refractivity contribution in [3.8, 4) is 0 Å². The highest BCUT2D eigenvalue weighted by Crippen LogP contribution is 2.04. The van der Waals surface area contributed by atoms with Gasteiger partial charge in [0, 0.05) is 6.54 Å². The molecule has 0 saturated heterocycles. The van der Waals surface area contributed by atoms with Crippen molar-refractivity contribution in [3.05, 3.63) is 58.9 Å². The van der Waals surface area contributed by atoms with Crippen molar-refractivity contribution in [2.24, 2.45) is 0 Å². The van der Waals surface area contributed by atoms with E-state index >= 15 is 0 Å². The van der Waals surface area contributed by atoms with Crippen LogP contribution < -0.4 is 5.32 Å². The number of carbonyl (C=O) groups excluding carboxylic acids is 1. The van der Waals surface area contributed by atoms with Gasteiger partial charge in [0.2, 0.25) is 0 Å². The molecule has 2 rings (SSSR count). The van der Waals surface area contributed by atoms with Crippen LogP contribution in [-0.4, -0.2) is 15.9 Å². The normalized spacial score (nSPS) is 10.1. The Morgan fingerprint density at radius 2 is 2.00 bits per heavy atom. The van der Waals surface area contributed by atoms with Crippen molar-refractivity contribution in [1.29, 1.82) is 0 Å². The van der Waals surface area contributed by atoms with Crippen LogP contribution in [0.5, 0.6) is 0 Å².